The van der Waals surface area contributed by atoms with Crippen molar-refractivity contribution in [1.29, 1.82) is 0 Å². The zero-order valence-corrected chi connectivity index (χ0v) is 9.86. The largest absolute Gasteiger partial charge is 0.354 e. The zero-order valence-electron chi connectivity index (χ0n) is 9.86. The third-order valence-electron chi connectivity index (χ3n) is 2.21. The standard InChI is InChI=1S/C9H16N6O2/c1-3-6(2)11-7(16)4-5-10-9(17)8-12-14-15-13-8/h6H,3-5H2,1-2H3,(H,10,17)(H,11,16)(H,12,13,14,15). The number of amides is 2. The van der Waals surface area contributed by atoms with Gasteiger partial charge in [0.2, 0.25) is 5.91 Å². The van der Waals surface area contributed by atoms with Crippen LogP contribution >= 0.6 is 0 Å². The molecule has 0 radical (unpaired) electrons. The summed E-state index contributed by atoms with van der Waals surface area (Å²) in [5, 5.41) is 17.8. The van der Waals surface area contributed by atoms with Crippen molar-refractivity contribution in [2.24, 2.45) is 0 Å². The molecule has 17 heavy (non-hydrogen) atoms. The van der Waals surface area contributed by atoms with Crippen LogP contribution in [0.5, 0.6) is 0 Å². The van der Waals surface area contributed by atoms with Gasteiger partial charge in [0.1, 0.15) is 0 Å². The van der Waals surface area contributed by atoms with E-state index >= 15 is 0 Å². The lowest BCUT2D eigenvalue weighted by atomic mass is 10.2. The molecule has 1 rings (SSSR count). The Bertz CT molecular complexity index is 364. The van der Waals surface area contributed by atoms with Crippen molar-refractivity contribution in [1.82, 2.24) is 31.3 Å². The van der Waals surface area contributed by atoms with E-state index in [1.54, 1.807) is 0 Å². The number of carbonyl (C=O) groups excluding carboxylic acids is 2. The lowest BCUT2D eigenvalue weighted by molar-refractivity contribution is -0.121. The van der Waals surface area contributed by atoms with Crippen molar-refractivity contribution in [3.8, 4) is 0 Å². The fourth-order valence-electron chi connectivity index (χ4n) is 1.08. The number of H-pyrrole nitrogens is 1. The first-order valence-corrected chi connectivity index (χ1v) is 5.44. The van der Waals surface area contributed by atoms with E-state index in [9.17, 15) is 9.59 Å². The van der Waals surface area contributed by atoms with Crippen LogP contribution in [-0.4, -0.2) is 45.0 Å². The van der Waals surface area contributed by atoms with Crippen molar-refractivity contribution in [2.45, 2.75) is 32.7 Å². The van der Waals surface area contributed by atoms with Gasteiger partial charge in [-0.15, -0.1) is 10.2 Å². The molecule has 0 aliphatic carbocycles. The predicted molar refractivity (Wildman–Crippen MR) is 59.0 cm³/mol. The molecule has 0 aliphatic rings. The number of tetrazole rings is 1. The second-order valence-corrected chi connectivity index (χ2v) is 3.62. The Kier molecular flexibility index (Phi) is 5.05. The van der Waals surface area contributed by atoms with Gasteiger partial charge in [-0.3, -0.25) is 9.59 Å². The molecule has 0 aliphatic heterocycles. The highest BCUT2D eigenvalue weighted by Gasteiger charge is 2.11. The zero-order chi connectivity index (χ0) is 12.7. The highest BCUT2D eigenvalue weighted by molar-refractivity contribution is 5.90. The van der Waals surface area contributed by atoms with Gasteiger partial charge >= 0.3 is 0 Å². The average Bonchev–Trinajstić information content (AvgIpc) is 2.82. The van der Waals surface area contributed by atoms with Crippen LogP contribution in [0.15, 0.2) is 0 Å². The number of aromatic nitrogens is 4. The van der Waals surface area contributed by atoms with Crippen molar-refractivity contribution in [3.63, 3.8) is 0 Å². The Labute approximate surface area is 98.5 Å². The molecule has 1 aromatic rings. The topological polar surface area (TPSA) is 113 Å². The molecule has 1 aromatic heterocycles. The quantitative estimate of drug-likeness (QED) is 0.604. The highest BCUT2D eigenvalue weighted by atomic mass is 16.2. The summed E-state index contributed by atoms with van der Waals surface area (Å²) in [6.45, 7) is 4.16. The number of aromatic amines is 1. The molecule has 0 spiro atoms. The third-order valence-corrected chi connectivity index (χ3v) is 2.21. The van der Waals surface area contributed by atoms with E-state index in [1.807, 2.05) is 13.8 Å². The molecule has 1 heterocycles. The van der Waals surface area contributed by atoms with Gasteiger partial charge in [-0.1, -0.05) is 6.92 Å². The van der Waals surface area contributed by atoms with Crippen LogP contribution in [-0.2, 0) is 4.79 Å². The van der Waals surface area contributed by atoms with E-state index in [2.05, 4.69) is 31.3 Å². The number of nitrogens with zero attached hydrogens (tertiary/aromatic N) is 3. The van der Waals surface area contributed by atoms with E-state index in [4.69, 9.17) is 0 Å². The minimum Gasteiger partial charge on any atom is -0.354 e. The smallest absolute Gasteiger partial charge is 0.292 e. The maximum atomic E-state index is 11.4. The van der Waals surface area contributed by atoms with Crippen molar-refractivity contribution in [2.75, 3.05) is 6.54 Å². The number of nitrogens with one attached hydrogen (secondary N) is 3. The first-order chi connectivity index (χ1) is 8.13. The number of carbonyl (C=O) groups is 2. The Morgan fingerprint density at radius 3 is 2.82 bits per heavy atom. The number of rotatable bonds is 6. The SMILES string of the molecule is CCC(C)NC(=O)CCNC(=O)c1nn[nH]n1. The molecule has 0 saturated heterocycles. The number of hydrogen-bond acceptors (Lipinski definition) is 5. The maximum Gasteiger partial charge on any atom is 0.292 e. The third kappa shape index (κ3) is 4.58. The fraction of sp³-hybridized carbons (Fsp3) is 0.667. The molecule has 2 amide bonds. The molecule has 8 nitrogen and oxygen atoms in total. The molecule has 3 N–H and O–H groups in total. The summed E-state index contributed by atoms with van der Waals surface area (Å²) in [4.78, 5) is 22.7. The first-order valence-electron chi connectivity index (χ1n) is 5.44. The molecule has 94 valence electrons. The van der Waals surface area contributed by atoms with Crippen LogP contribution in [0.4, 0.5) is 0 Å². The van der Waals surface area contributed by atoms with Gasteiger partial charge < -0.3 is 10.6 Å². The van der Waals surface area contributed by atoms with Crippen molar-refractivity contribution < 1.29 is 9.59 Å². The summed E-state index contributed by atoms with van der Waals surface area (Å²) >= 11 is 0. The summed E-state index contributed by atoms with van der Waals surface area (Å²) < 4.78 is 0. The molecular formula is C9H16N6O2. The summed E-state index contributed by atoms with van der Waals surface area (Å²) in [7, 11) is 0. The van der Waals surface area contributed by atoms with Crippen LogP contribution in [0.2, 0.25) is 0 Å². The van der Waals surface area contributed by atoms with E-state index in [1.165, 1.54) is 0 Å². The van der Waals surface area contributed by atoms with Gasteiger partial charge in [-0.25, -0.2) is 0 Å². The van der Waals surface area contributed by atoms with Gasteiger partial charge in [0, 0.05) is 19.0 Å². The van der Waals surface area contributed by atoms with Crippen LogP contribution in [0.25, 0.3) is 0 Å². The molecule has 1 atom stereocenters. The average molecular weight is 240 g/mol. The van der Waals surface area contributed by atoms with Gasteiger partial charge in [0.05, 0.1) is 0 Å². The Morgan fingerprint density at radius 2 is 2.24 bits per heavy atom. The van der Waals surface area contributed by atoms with E-state index in [-0.39, 0.29) is 30.7 Å². The lowest BCUT2D eigenvalue weighted by Gasteiger charge is -2.11. The summed E-state index contributed by atoms with van der Waals surface area (Å²) in [5.74, 6) is -0.574. The predicted octanol–water partition coefficient (Wildman–Crippen LogP) is -0.766. The Balaban J connectivity index is 2.20. The van der Waals surface area contributed by atoms with E-state index in [0.717, 1.165) is 6.42 Å². The lowest BCUT2D eigenvalue weighted by Crippen LogP contribution is -2.35. The minimum absolute atomic E-state index is 0.0349. The maximum absolute atomic E-state index is 11.4. The molecule has 0 saturated carbocycles. The Morgan fingerprint density at radius 1 is 1.47 bits per heavy atom. The minimum atomic E-state index is -0.449. The molecular weight excluding hydrogens is 224 g/mol. The number of hydrogen-bond donors (Lipinski definition) is 3. The Hall–Kier alpha value is -1.99. The summed E-state index contributed by atoms with van der Waals surface area (Å²) in [5.41, 5.74) is 0. The fourth-order valence-corrected chi connectivity index (χ4v) is 1.08. The molecule has 0 aromatic carbocycles. The molecule has 8 heteroatoms. The highest BCUT2D eigenvalue weighted by Crippen LogP contribution is 1.89. The van der Waals surface area contributed by atoms with Gasteiger partial charge in [-0.05, 0) is 18.6 Å². The molecule has 1 unspecified atom stereocenters. The molecule has 0 fully saturated rings. The second-order valence-electron chi connectivity index (χ2n) is 3.62. The van der Waals surface area contributed by atoms with Gasteiger partial charge in [0.15, 0.2) is 0 Å². The van der Waals surface area contributed by atoms with Crippen molar-refractivity contribution in [3.05, 3.63) is 5.82 Å². The molecule has 0 bridgehead atoms. The van der Waals surface area contributed by atoms with Gasteiger partial charge in [0.25, 0.3) is 11.7 Å². The van der Waals surface area contributed by atoms with E-state index < -0.39 is 5.91 Å². The van der Waals surface area contributed by atoms with Crippen LogP contribution in [0.3, 0.4) is 0 Å². The van der Waals surface area contributed by atoms with Crippen LogP contribution in [0, 0.1) is 0 Å². The van der Waals surface area contributed by atoms with Crippen LogP contribution in [0.1, 0.15) is 37.3 Å². The normalized spacial score (nSPS) is 11.9. The second kappa shape index (κ2) is 6.56. The van der Waals surface area contributed by atoms with Crippen LogP contribution < -0.4 is 10.6 Å². The van der Waals surface area contributed by atoms with E-state index in [0.29, 0.717) is 0 Å². The summed E-state index contributed by atoms with van der Waals surface area (Å²) in [6, 6.07) is 0.149. The van der Waals surface area contributed by atoms with Crippen molar-refractivity contribution >= 4 is 11.8 Å². The monoisotopic (exact) mass is 240 g/mol. The summed E-state index contributed by atoms with van der Waals surface area (Å²) in [6.07, 6.45) is 1.11. The first kappa shape index (κ1) is 13.1. The van der Waals surface area contributed by atoms with Gasteiger partial charge in [-0.2, -0.15) is 5.21 Å².